The number of hydrogen-bond acceptors (Lipinski definition) is 3. The second kappa shape index (κ2) is 5.31. The molecule has 80 valence electrons. The molecule has 0 spiro atoms. The highest BCUT2D eigenvalue weighted by atomic mass is 79.9. The molecule has 14 heavy (non-hydrogen) atoms. The Morgan fingerprint density at radius 3 is 2.71 bits per heavy atom. The lowest BCUT2D eigenvalue weighted by molar-refractivity contribution is -0.133. The first-order chi connectivity index (χ1) is 6.61. The highest BCUT2D eigenvalue weighted by Crippen LogP contribution is 2.20. The van der Waals surface area contributed by atoms with Gasteiger partial charge in [0.15, 0.2) is 0 Å². The second-order valence-electron chi connectivity index (χ2n) is 3.14. The molecule has 1 saturated heterocycles. The zero-order valence-electron chi connectivity index (χ0n) is 7.74. The monoisotopic (exact) mass is 264 g/mol. The topological polar surface area (TPSA) is 72.6 Å². The van der Waals surface area contributed by atoms with Crippen LogP contribution in [-0.2, 0) is 14.3 Å². The van der Waals surface area contributed by atoms with Crippen molar-refractivity contribution in [3.63, 3.8) is 0 Å². The Hall–Kier alpha value is -0.620. The Kier molecular flexibility index (Phi) is 4.34. The Morgan fingerprint density at radius 2 is 2.21 bits per heavy atom. The summed E-state index contributed by atoms with van der Waals surface area (Å²) in [4.78, 5) is 21.9. The van der Waals surface area contributed by atoms with E-state index in [0.29, 0.717) is 6.61 Å². The Bertz CT molecular complexity index is 229. The average molecular weight is 265 g/mol. The molecular weight excluding hydrogens is 252 g/mol. The van der Waals surface area contributed by atoms with Gasteiger partial charge in [0.25, 0.3) is 0 Å². The summed E-state index contributed by atoms with van der Waals surface area (Å²) in [7, 11) is 0. The summed E-state index contributed by atoms with van der Waals surface area (Å²) in [5.74, 6) is -0.637. The largest absolute Gasteiger partial charge is 0.370 e. The van der Waals surface area contributed by atoms with Crippen LogP contribution in [0.3, 0.4) is 0 Å². The van der Waals surface area contributed by atoms with Crippen molar-refractivity contribution in [2.24, 2.45) is 5.73 Å². The number of hydrogen-bond donors (Lipinski definition) is 1. The van der Waals surface area contributed by atoms with E-state index in [2.05, 4.69) is 16.1 Å². The van der Waals surface area contributed by atoms with Gasteiger partial charge in [0.05, 0.1) is 16.1 Å². The maximum atomic E-state index is 11.4. The number of amides is 2. The van der Waals surface area contributed by atoms with E-state index >= 15 is 0 Å². The Labute approximate surface area is 90.9 Å². The molecule has 2 amide bonds. The average Bonchev–Trinajstić information content (AvgIpc) is 2.65. The van der Waals surface area contributed by atoms with Crippen molar-refractivity contribution in [2.45, 2.75) is 31.9 Å². The molecule has 5 nitrogen and oxygen atoms in total. The summed E-state index contributed by atoms with van der Waals surface area (Å²) >= 11 is 3.13. The number of primary amides is 1. The molecule has 0 saturated carbocycles. The highest BCUT2D eigenvalue weighted by Gasteiger charge is 2.25. The van der Waals surface area contributed by atoms with E-state index in [-0.39, 0.29) is 25.0 Å². The van der Waals surface area contributed by atoms with E-state index < -0.39 is 5.91 Å². The van der Waals surface area contributed by atoms with Gasteiger partial charge < -0.3 is 10.5 Å². The smallest absolute Gasteiger partial charge is 0.235 e. The summed E-state index contributed by atoms with van der Waals surface area (Å²) in [6.45, 7) is 0.676. The molecule has 0 aliphatic carbocycles. The second-order valence-corrected chi connectivity index (χ2v) is 3.90. The first-order valence-corrected chi connectivity index (χ1v) is 5.20. The molecule has 1 aliphatic heterocycles. The molecule has 0 aromatic rings. The van der Waals surface area contributed by atoms with Crippen LogP contribution >= 0.6 is 16.1 Å². The normalized spacial score (nSPS) is 20.8. The number of halogens is 1. The molecule has 1 atom stereocenters. The van der Waals surface area contributed by atoms with Gasteiger partial charge in [-0.25, -0.2) is 0 Å². The molecule has 1 aliphatic rings. The van der Waals surface area contributed by atoms with Gasteiger partial charge in [-0.15, -0.1) is 0 Å². The molecule has 1 heterocycles. The Balaban J connectivity index is 2.31. The lowest BCUT2D eigenvalue weighted by Gasteiger charge is -2.20. The first kappa shape index (κ1) is 11.5. The van der Waals surface area contributed by atoms with E-state index in [0.717, 1.165) is 12.8 Å². The number of carbonyl (C=O) groups is 2. The quantitative estimate of drug-likeness (QED) is 0.753. The minimum absolute atomic E-state index is 0.0770. The number of ether oxygens (including phenoxy) is 1. The van der Waals surface area contributed by atoms with Crippen molar-refractivity contribution >= 4 is 28.0 Å². The predicted molar refractivity (Wildman–Crippen MR) is 53.2 cm³/mol. The summed E-state index contributed by atoms with van der Waals surface area (Å²) in [6, 6.07) is 0. The molecule has 0 radical (unpaired) electrons. The third-order valence-electron chi connectivity index (χ3n) is 1.98. The van der Waals surface area contributed by atoms with Gasteiger partial charge in [0.2, 0.25) is 11.8 Å². The lowest BCUT2D eigenvalue weighted by Crippen LogP contribution is -2.32. The van der Waals surface area contributed by atoms with Crippen LogP contribution in [0.15, 0.2) is 0 Å². The van der Waals surface area contributed by atoms with E-state index in [1.54, 1.807) is 0 Å². The van der Waals surface area contributed by atoms with Crippen LogP contribution in [0.4, 0.5) is 0 Å². The first-order valence-electron chi connectivity index (χ1n) is 4.49. The van der Waals surface area contributed by atoms with Crippen LogP contribution in [0, 0.1) is 0 Å². The number of rotatable bonds is 4. The third kappa shape index (κ3) is 3.26. The molecule has 0 aromatic heterocycles. The SMILES string of the molecule is NC(=O)CCC(=O)N(Br)C1CCCO1. The van der Waals surface area contributed by atoms with Crippen LogP contribution in [0.5, 0.6) is 0 Å². The van der Waals surface area contributed by atoms with Crippen molar-refractivity contribution in [3.05, 3.63) is 0 Å². The van der Waals surface area contributed by atoms with Crippen LogP contribution < -0.4 is 5.73 Å². The predicted octanol–water partition coefficient (Wildman–Crippen LogP) is 0.527. The van der Waals surface area contributed by atoms with Gasteiger partial charge >= 0.3 is 0 Å². The van der Waals surface area contributed by atoms with Gasteiger partial charge in [-0.2, -0.15) is 0 Å². The van der Waals surface area contributed by atoms with E-state index in [1.165, 1.54) is 3.93 Å². The van der Waals surface area contributed by atoms with Gasteiger partial charge in [0.1, 0.15) is 6.23 Å². The highest BCUT2D eigenvalue weighted by molar-refractivity contribution is 9.07. The summed E-state index contributed by atoms with van der Waals surface area (Å²) in [5, 5.41) is 0. The van der Waals surface area contributed by atoms with Crippen LogP contribution in [0.25, 0.3) is 0 Å². The van der Waals surface area contributed by atoms with Crippen molar-refractivity contribution in [1.29, 1.82) is 0 Å². The van der Waals surface area contributed by atoms with Crippen LogP contribution in [-0.4, -0.2) is 28.6 Å². The minimum Gasteiger partial charge on any atom is -0.370 e. The fraction of sp³-hybridized carbons (Fsp3) is 0.750. The summed E-state index contributed by atoms with van der Waals surface area (Å²) < 4.78 is 6.65. The summed E-state index contributed by atoms with van der Waals surface area (Å²) in [6.07, 6.45) is 1.78. The zero-order chi connectivity index (χ0) is 10.6. The lowest BCUT2D eigenvalue weighted by atomic mass is 10.2. The van der Waals surface area contributed by atoms with Crippen molar-refractivity contribution in [3.8, 4) is 0 Å². The number of carbonyl (C=O) groups excluding carboxylic acids is 2. The van der Waals surface area contributed by atoms with Crippen molar-refractivity contribution in [2.75, 3.05) is 6.61 Å². The van der Waals surface area contributed by atoms with Crippen molar-refractivity contribution in [1.82, 2.24) is 3.93 Å². The van der Waals surface area contributed by atoms with Crippen LogP contribution in [0.2, 0.25) is 0 Å². The Morgan fingerprint density at radius 1 is 1.50 bits per heavy atom. The van der Waals surface area contributed by atoms with E-state index in [1.807, 2.05) is 0 Å². The fourth-order valence-electron chi connectivity index (χ4n) is 1.24. The van der Waals surface area contributed by atoms with E-state index in [4.69, 9.17) is 10.5 Å². The third-order valence-corrected chi connectivity index (χ3v) is 2.83. The maximum Gasteiger partial charge on any atom is 0.235 e. The van der Waals surface area contributed by atoms with E-state index in [9.17, 15) is 9.59 Å². The molecule has 1 fully saturated rings. The van der Waals surface area contributed by atoms with Gasteiger partial charge in [-0.1, -0.05) is 0 Å². The molecule has 0 aromatic carbocycles. The molecule has 1 rings (SSSR count). The van der Waals surface area contributed by atoms with Gasteiger partial charge in [-0.3, -0.25) is 13.5 Å². The van der Waals surface area contributed by atoms with Crippen LogP contribution in [0.1, 0.15) is 25.7 Å². The minimum atomic E-state index is -0.466. The molecule has 6 heteroatoms. The zero-order valence-corrected chi connectivity index (χ0v) is 9.33. The fourth-order valence-corrected chi connectivity index (χ4v) is 1.74. The van der Waals surface area contributed by atoms with Gasteiger partial charge in [0, 0.05) is 19.4 Å². The summed E-state index contributed by atoms with van der Waals surface area (Å²) in [5.41, 5.74) is 4.94. The molecular formula is C8H13BrN2O3. The molecule has 2 N–H and O–H groups in total. The molecule has 1 unspecified atom stereocenters. The van der Waals surface area contributed by atoms with Gasteiger partial charge in [-0.05, 0) is 12.8 Å². The van der Waals surface area contributed by atoms with Crippen molar-refractivity contribution < 1.29 is 14.3 Å². The number of nitrogens with zero attached hydrogens (tertiary/aromatic N) is 1. The number of nitrogens with two attached hydrogens (primary N) is 1. The maximum absolute atomic E-state index is 11.4. The molecule has 0 bridgehead atoms. The standard InChI is InChI=1S/C8H13BrN2O3/c9-11(8-2-1-5-14-8)7(13)4-3-6(10)12/h8H,1-5H2,(H2,10,12).